The predicted octanol–water partition coefficient (Wildman–Crippen LogP) is 1.79. The Bertz CT molecular complexity index is 551. The van der Waals surface area contributed by atoms with Gasteiger partial charge in [-0.25, -0.2) is 0 Å². The van der Waals surface area contributed by atoms with Crippen molar-refractivity contribution in [1.29, 1.82) is 0 Å². The number of aliphatic imine (C=N–C) groups is 1. The minimum absolute atomic E-state index is 0. The Morgan fingerprint density at radius 2 is 2.12 bits per heavy atom. The van der Waals surface area contributed by atoms with Gasteiger partial charge in [0.15, 0.2) is 5.96 Å². The van der Waals surface area contributed by atoms with Crippen molar-refractivity contribution in [2.45, 2.75) is 19.3 Å². The number of anilines is 1. The average molecular weight is 446 g/mol. The van der Waals surface area contributed by atoms with Crippen LogP contribution in [-0.2, 0) is 16.0 Å². The fourth-order valence-corrected chi connectivity index (χ4v) is 2.69. The molecule has 1 amide bonds. The van der Waals surface area contributed by atoms with Gasteiger partial charge in [0.25, 0.3) is 0 Å². The summed E-state index contributed by atoms with van der Waals surface area (Å²) in [7, 11) is 3.38. The monoisotopic (exact) mass is 446 g/mol. The van der Waals surface area contributed by atoms with E-state index in [4.69, 9.17) is 4.74 Å². The Labute approximate surface area is 161 Å². The van der Waals surface area contributed by atoms with Gasteiger partial charge in [-0.15, -0.1) is 24.0 Å². The zero-order valence-corrected chi connectivity index (χ0v) is 16.7. The van der Waals surface area contributed by atoms with Crippen LogP contribution in [0.15, 0.2) is 29.3 Å². The second-order valence-corrected chi connectivity index (χ2v) is 5.48. The van der Waals surface area contributed by atoms with Gasteiger partial charge in [0.05, 0.1) is 6.54 Å². The summed E-state index contributed by atoms with van der Waals surface area (Å²) in [4.78, 5) is 18.5. The van der Waals surface area contributed by atoms with Crippen LogP contribution in [0.25, 0.3) is 0 Å². The lowest BCUT2D eigenvalue weighted by Gasteiger charge is -2.29. The van der Waals surface area contributed by atoms with Crippen molar-refractivity contribution in [3.05, 3.63) is 29.8 Å². The highest BCUT2D eigenvalue weighted by molar-refractivity contribution is 14.0. The lowest BCUT2D eigenvalue weighted by molar-refractivity contribution is -0.117. The summed E-state index contributed by atoms with van der Waals surface area (Å²) in [6.07, 6.45) is 2.94. The zero-order valence-electron chi connectivity index (χ0n) is 14.4. The number of nitrogens with zero attached hydrogens (tertiary/aromatic N) is 2. The molecule has 2 rings (SSSR count). The lowest BCUT2D eigenvalue weighted by Crippen LogP contribution is -2.46. The van der Waals surface area contributed by atoms with Crippen LogP contribution in [0.4, 0.5) is 5.69 Å². The van der Waals surface area contributed by atoms with Gasteiger partial charge >= 0.3 is 0 Å². The van der Waals surface area contributed by atoms with E-state index in [1.165, 1.54) is 5.56 Å². The smallest absolute Gasteiger partial charge is 0.246 e. The number of carbonyl (C=O) groups is 1. The Balaban J connectivity index is 0.00000288. The molecule has 0 bridgehead atoms. The predicted molar refractivity (Wildman–Crippen MR) is 108 cm³/mol. The van der Waals surface area contributed by atoms with Crippen molar-refractivity contribution in [2.24, 2.45) is 4.99 Å². The topological polar surface area (TPSA) is 66.0 Å². The number of methoxy groups -OCH3 is 1. The number of guanidine groups is 1. The quantitative estimate of drug-likeness (QED) is 0.303. The maximum atomic E-state index is 12.5. The van der Waals surface area contributed by atoms with E-state index in [9.17, 15) is 4.79 Å². The standard InChI is InChI=1S/C17H26N4O2.HI/c1-18-17(19-10-6-12-23-2)20-13-16(22)21-11-5-8-14-7-3-4-9-15(14)21;/h3-4,7,9H,5-6,8,10-13H2,1-2H3,(H2,18,19,20);1H. The van der Waals surface area contributed by atoms with Crippen molar-refractivity contribution in [3.63, 3.8) is 0 Å². The van der Waals surface area contributed by atoms with Gasteiger partial charge in [-0.1, -0.05) is 18.2 Å². The Kier molecular flexibility index (Phi) is 9.70. The number of ether oxygens (including phenoxy) is 1. The summed E-state index contributed by atoms with van der Waals surface area (Å²) in [5.41, 5.74) is 2.28. The van der Waals surface area contributed by atoms with Gasteiger partial charge in [-0.2, -0.15) is 0 Å². The summed E-state index contributed by atoms with van der Waals surface area (Å²) in [5, 5.41) is 6.25. The van der Waals surface area contributed by atoms with E-state index >= 15 is 0 Å². The molecule has 0 saturated carbocycles. The molecular formula is C17H27IN4O2. The van der Waals surface area contributed by atoms with Crippen LogP contribution in [0.5, 0.6) is 0 Å². The van der Waals surface area contributed by atoms with Crippen LogP contribution >= 0.6 is 24.0 Å². The molecule has 0 fully saturated rings. The molecule has 24 heavy (non-hydrogen) atoms. The van der Waals surface area contributed by atoms with Gasteiger partial charge in [0, 0.05) is 39.5 Å². The van der Waals surface area contributed by atoms with Crippen molar-refractivity contribution < 1.29 is 9.53 Å². The number of hydrogen-bond donors (Lipinski definition) is 2. The number of hydrogen-bond acceptors (Lipinski definition) is 3. The first-order valence-corrected chi connectivity index (χ1v) is 8.08. The maximum absolute atomic E-state index is 12.5. The minimum atomic E-state index is 0. The fraction of sp³-hybridized carbons (Fsp3) is 0.529. The molecule has 134 valence electrons. The second-order valence-electron chi connectivity index (χ2n) is 5.48. The molecule has 1 aromatic carbocycles. The first-order valence-electron chi connectivity index (χ1n) is 8.08. The van der Waals surface area contributed by atoms with Gasteiger partial charge in [-0.05, 0) is 30.9 Å². The SMILES string of the molecule is CN=C(NCCCOC)NCC(=O)N1CCCc2ccccc21.I. The Morgan fingerprint density at radius 3 is 2.88 bits per heavy atom. The van der Waals surface area contributed by atoms with E-state index in [1.54, 1.807) is 14.2 Å². The number of amides is 1. The Morgan fingerprint density at radius 1 is 1.33 bits per heavy atom. The molecule has 1 aliphatic rings. The molecule has 1 aliphatic heterocycles. The molecule has 0 unspecified atom stereocenters. The zero-order chi connectivity index (χ0) is 16.5. The minimum Gasteiger partial charge on any atom is -0.385 e. The number of rotatable bonds is 6. The molecule has 1 aromatic rings. The summed E-state index contributed by atoms with van der Waals surface area (Å²) >= 11 is 0. The van der Waals surface area contributed by atoms with E-state index in [0.29, 0.717) is 12.6 Å². The van der Waals surface area contributed by atoms with Gasteiger partial charge in [0.2, 0.25) is 5.91 Å². The second kappa shape index (κ2) is 11.2. The number of fused-ring (bicyclic) bond motifs is 1. The van der Waals surface area contributed by atoms with E-state index in [2.05, 4.69) is 21.7 Å². The van der Waals surface area contributed by atoms with E-state index in [0.717, 1.165) is 38.0 Å². The maximum Gasteiger partial charge on any atom is 0.246 e. The van der Waals surface area contributed by atoms with Crippen LogP contribution in [-0.4, -0.2) is 52.3 Å². The molecule has 7 heteroatoms. The van der Waals surface area contributed by atoms with Crippen LogP contribution in [0.2, 0.25) is 0 Å². The van der Waals surface area contributed by atoms with Crippen molar-refractivity contribution >= 4 is 41.5 Å². The highest BCUT2D eigenvalue weighted by atomic mass is 127. The number of nitrogens with one attached hydrogen (secondary N) is 2. The highest BCUT2D eigenvalue weighted by Gasteiger charge is 2.21. The molecular weight excluding hydrogens is 419 g/mol. The first-order chi connectivity index (χ1) is 11.3. The summed E-state index contributed by atoms with van der Waals surface area (Å²) in [6.45, 7) is 2.47. The van der Waals surface area contributed by atoms with Crippen molar-refractivity contribution in [1.82, 2.24) is 10.6 Å². The van der Waals surface area contributed by atoms with Gasteiger partial charge in [-0.3, -0.25) is 9.79 Å². The summed E-state index contributed by atoms with van der Waals surface area (Å²) in [5.74, 6) is 0.705. The summed E-state index contributed by atoms with van der Waals surface area (Å²) < 4.78 is 5.01. The number of para-hydroxylation sites is 1. The van der Waals surface area contributed by atoms with Crippen LogP contribution in [0, 0.1) is 0 Å². The largest absolute Gasteiger partial charge is 0.385 e. The Hall–Kier alpha value is -1.35. The summed E-state index contributed by atoms with van der Waals surface area (Å²) in [6, 6.07) is 8.12. The molecule has 0 radical (unpaired) electrons. The first kappa shape index (κ1) is 20.7. The van der Waals surface area contributed by atoms with Crippen LogP contribution in [0.3, 0.4) is 0 Å². The third kappa shape index (κ3) is 5.94. The highest BCUT2D eigenvalue weighted by Crippen LogP contribution is 2.26. The van der Waals surface area contributed by atoms with E-state index in [1.807, 2.05) is 23.1 Å². The number of aryl methyl sites for hydroxylation is 1. The molecule has 2 N–H and O–H groups in total. The fourth-order valence-electron chi connectivity index (χ4n) is 2.69. The molecule has 1 heterocycles. The van der Waals surface area contributed by atoms with Crippen molar-refractivity contribution in [3.8, 4) is 0 Å². The molecule has 0 aromatic heterocycles. The molecule has 0 saturated heterocycles. The van der Waals surface area contributed by atoms with E-state index < -0.39 is 0 Å². The number of carbonyl (C=O) groups excluding carboxylic acids is 1. The third-order valence-electron chi connectivity index (χ3n) is 3.86. The van der Waals surface area contributed by atoms with Crippen LogP contribution in [0.1, 0.15) is 18.4 Å². The molecule has 6 nitrogen and oxygen atoms in total. The van der Waals surface area contributed by atoms with Crippen LogP contribution < -0.4 is 15.5 Å². The molecule has 0 atom stereocenters. The number of halogens is 1. The number of benzene rings is 1. The molecule has 0 aliphatic carbocycles. The van der Waals surface area contributed by atoms with Gasteiger partial charge in [0.1, 0.15) is 0 Å². The molecule has 0 spiro atoms. The van der Waals surface area contributed by atoms with E-state index in [-0.39, 0.29) is 36.4 Å². The third-order valence-corrected chi connectivity index (χ3v) is 3.86. The normalized spacial score (nSPS) is 13.8. The van der Waals surface area contributed by atoms with Crippen molar-refractivity contribution in [2.75, 3.05) is 45.3 Å². The van der Waals surface area contributed by atoms with Gasteiger partial charge < -0.3 is 20.3 Å². The lowest BCUT2D eigenvalue weighted by atomic mass is 10.0. The average Bonchev–Trinajstić information content (AvgIpc) is 2.60.